The Morgan fingerprint density at radius 2 is 1.76 bits per heavy atom. The van der Waals surface area contributed by atoms with Crippen LogP contribution in [-0.4, -0.2) is 19.8 Å². The minimum Gasteiger partial charge on any atom is -0.494 e. The Kier molecular flexibility index (Phi) is 3.73. The third-order valence-corrected chi connectivity index (χ3v) is 3.16. The summed E-state index contributed by atoms with van der Waals surface area (Å²) >= 11 is 0. The van der Waals surface area contributed by atoms with Gasteiger partial charge in [-0.2, -0.15) is 0 Å². The summed E-state index contributed by atoms with van der Waals surface area (Å²) in [6.45, 7) is 3.72. The third kappa shape index (κ3) is 2.97. The molecule has 3 rings (SSSR count). The van der Waals surface area contributed by atoms with Crippen LogP contribution in [0.25, 0.3) is 0 Å². The number of hydrogen-bond donors (Lipinski definition) is 2. The topological polar surface area (TPSA) is 65.7 Å². The van der Waals surface area contributed by atoms with Crippen LogP contribution in [0.2, 0.25) is 0 Å². The van der Waals surface area contributed by atoms with Crippen molar-refractivity contribution in [2.45, 2.75) is 6.92 Å². The molecule has 0 saturated carbocycles. The maximum absolute atomic E-state index is 6.05. The van der Waals surface area contributed by atoms with Gasteiger partial charge >= 0.3 is 0 Å². The minimum absolute atomic E-state index is 0.554. The van der Waals surface area contributed by atoms with Crippen molar-refractivity contribution < 1.29 is 14.2 Å². The number of ether oxygens (including phenoxy) is 3. The van der Waals surface area contributed by atoms with Gasteiger partial charge in [-0.1, -0.05) is 0 Å². The fourth-order valence-corrected chi connectivity index (χ4v) is 2.17. The van der Waals surface area contributed by atoms with Gasteiger partial charge < -0.3 is 25.3 Å². The van der Waals surface area contributed by atoms with Gasteiger partial charge in [0.15, 0.2) is 11.5 Å². The summed E-state index contributed by atoms with van der Waals surface area (Å²) < 4.78 is 16.5. The first-order valence-corrected chi connectivity index (χ1v) is 6.95. The molecule has 1 heterocycles. The summed E-state index contributed by atoms with van der Waals surface area (Å²) in [5.74, 6) is 2.25. The van der Waals surface area contributed by atoms with Crippen LogP contribution in [0.4, 0.5) is 17.1 Å². The van der Waals surface area contributed by atoms with Crippen molar-refractivity contribution in [1.82, 2.24) is 0 Å². The summed E-state index contributed by atoms with van der Waals surface area (Å²) in [4.78, 5) is 0. The normalized spacial score (nSPS) is 12.8. The highest BCUT2D eigenvalue weighted by Crippen LogP contribution is 2.38. The number of anilines is 3. The number of fused-ring (bicyclic) bond motifs is 1. The molecular formula is C16H18N2O3. The van der Waals surface area contributed by atoms with Crippen molar-refractivity contribution in [1.29, 1.82) is 0 Å². The van der Waals surface area contributed by atoms with Crippen LogP contribution in [0, 0.1) is 0 Å². The van der Waals surface area contributed by atoms with E-state index in [0.717, 1.165) is 17.1 Å². The number of nitrogens with one attached hydrogen (secondary N) is 1. The standard InChI is InChI=1S/C16H18N2O3/c1-2-19-12-5-3-11(4-6-12)18-14-10-16-15(9-13(14)17)20-7-8-21-16/h3-6,9-10,18H,2,7-8,17H2,1H3. The van der Waals surface area contributed by atoms with E-state index in [2.05, 4.69) is 5.32 Å². The molecule has 1 aliphatic heterocycles. The fraction of sp³-hybridized carbons (Fsp3) is 0.250. The average Bonchev–Trinajstić information content (AvgIpc) is 2.50. The molecule has 0 unspecified atom stereocenters. The molecule has 0 spiro atoms. The molecule has 1 aliphatic rings. The number of nitrogen functional groups attached to an aromatic ring is 1. The van der Waals surface area contributed by atoms with Crippen molar-refractivity contribution >= 4 is 17.1 Å². The molecule has 0 aromatic heterocycles. The van der Waals surface area contributed by atoms with Crippen LogP contribution < -0.4 is 25.3 Å². The number of nitrogens with two attached hydrogens (primary N) is 1. The first-order chi connectivity index (χ1) is 10.3. The average molecular weight is 286 g/mol. The number of benzene rings is 2. The van der Waals surface area contributed by atoms with E-state index in [1.54, 1.807) is 6.07 Å². The molecule has 0 bridgehead atoms. The molecule has 0 radical (unpaired) electrons. The molecule has 2 aromatic rings. The lowest BCUT2D eigenvalue weighted by Crippen LogP contribution is -2.15. The van der Waals surface area contributed by atoms with E-state index in [1.165, 1.54) is 0 Å². The zero-order valence-electron chi connectivity index (χ0n) is 11.9. The second-order valence-electron chi connectivity index (χ2n) is 4.67. The molecule has 5 nitrogen and oxygen atoms in total. The highest BCUT2D eigenvalue weighted by Gasteiger charge is 2.14. The quantitative estimate of drug-likeness (QED) is 0.845. The van der Waals surface area contributed by atoms with E-state index in [1.807, 2.05) is 37.3 Å². The number of hydrogen-bond acceptors (Lipinski definition) is 5. The van der Waals surface area contributed by atoms with Gasteiger partial charge in [0.1, 0.15) is 19.0 Å². The molecule has 3 N–H and O–H groups in total. The molecule has 5 heteroatoms. The van der Waals surface area contributed by atoms with Crippen LogP contribution in [0.15, 0.2) is 36.4 Å². The molecule has 110 valence electrons. The summed E-state index contributed by atoms with van der Waals surface area (Å²) in [7, 11) is 0. The number of rotatable bonds is 4. The van der Waals surface area contributed by atoms with Crippen molar-refractivity contribution in [2.75, 3.05) is 30.9 Å². The van der Waals surface area contributed by atoms with Gasteiger partial charge in [0.05, 0.1) is 18.0 Å². The molecule has 0 saturated heterocycles. The first-order valence-electron chi connectivity index (χ1n) is 6.95. The van der Waals surface area contributed by atoms with Crippen LogP contribution in [0.5, 0.6) is 17.2 Å². The maximum Gasteiger partial charge on any atom is 0.163 e. The molecule has 0 amide bonds. The van der Waals surface area contributed by atoms with Gasteiger partial charge in [-0.05, 0) is 31.2 Å². The Labute approximate surface area is 123 Å². The fourth-order valence-electron chi connectivity index (χ4n) is 2.17. The van der Waals surface area contributed by atoms with E-state index in [4.69, 9.17) is 19.9 Å². The predicted octanol–water partition coefficient (Wildman–Crippen LogP) is 3.18. The first kappa shape index (κ1) is 13.4. The molecule has 2 aromatic carbocycles. The van der Waals surface area contributed by atoms with Crippen LogP contribution in [-0.2, 0) is 0 Å². The van der Waals surface area contributed by atoms with E-state index in [0.29, 0.717) is 37.0 Å². The lowest BCUT2D eigenvalue weighted by atomic mass is 10.2. The Balaban J connectivity index is 1.80. The highest BCUT2D eigenvalue weighted by atomic mass is 16.6. The van der Waals surface area contributed by atoms with Gasteiger partial charge in [-0.3, -0.25) is 0 Å². The summed E-state index contributed by atoms with van der Waals surface area (Å²) in [5.41, 5.74) is 8.39. The van der Waals surface area contributed by atoms with E-state index >= 15 is 0 Å². The van der Waals surface area contributed by atoms with Crippen LogP contribution in [0.3, 0.4) is 0 Å². The SMILES string of the molecule is CCOc1ccc(Nc2cc3c(cc2N)OCCO3)cc1. The van der Waals surface area contributed by atoms with Crippen molar-refractivity contribution in [2.24, 2.45) is 0 Å². The van der Waals surface area contributed by atoms with E-state index in [-0.39, 0.29) is 0 Å². The zero-order chi connectivity index (χ0) is 14.7. The van der Waals surface area contributed by atoms with Gasteiger partial charge in [0, 0.05) is 17.8 Å². The van der Waals surface area contributed by atoms with Gasteiger partial charge in [-0.15, -0.1) is 0 Å². The Morgan fingerprint density at radius 1 is 1.10 bits per heavy atom. The van der Waals surface area contributed by atoms with Gasteiger partial charge in [-0.25, -0.2) is 0 Å². The van der Waals surface area contributed by atoms with E-state index in [9.17, 15) is 0 Å². The van der Waals surface area contributed by atoms with Crippen molar-refractivity contribution in [3.63, 3.8) is 0 Å². The third-order valence-electron chi connectivity index (χ3n) is 3.16. The summed E-state index contributed by atoms with van der Waals surface area (Å²) in [5, 5.41) is 3.28. The Hall–Kier alpha value is -2.56. The van der Waals surface area contributed by atoms with Crippen molar-refractivity contribution in [3.05, 3.63) is 36.4 Å². The van der Waals surface area contributed by atoms with Crippen molar-refractivity contribution in [3.8, 4) is 17.2 Å². The Bertz CT molecular complexity index is 626. The van der Waals surface area contributed by atoms with Gasteiger partial charge in [0.2, 0.25) is 0 Å². The lowest BCUT2D eigenvalue weighted by molar-refractivity contribution is 0.172. The maximum atomic E-state index is 6.05. The second-order valence-corrected chi connectivity index (χ2v) is 4.67. The zero-order valence-corrected chi connectivity index (χ0v) is 11.9. The molecule has 0 atom stereocenters. The lowest BCUT2D eigenvalue weighted by Gasteiger charge is -2.20. The largest absolute Gasteiger partial charge is 0.494 e. The van der Waals surface area contributed by atoms with Crippen LogP contribution in [0.1, 0.15) is 6.92 Å². The van der Waals surface area contributed by atoms with Crippen LogP contribution >= 0.6 is 0 Å². The highest BCUT2D eigenvalue weighted by molar-refractivity contribution is 5.76. The predicted molar refractivity (Wildman–Crippen MR) is 82.7 cm³/mol. The monoisotopic (exact) mass is 286 g/mol. The molecule has 21 heavy (non-hydrogen) atoms. The minimum atomic E-state index is 0.554. The second kappa shape index (κ2) is 5.83. The Morgan fingerprint density at radius 3 is 2.43 bits per heavy atom. The molecule has 0 fully saturated rings. The summed E-state index contributed by atoms with van der Waals surface area (Å²) in [6, 6.07) is 11.4. The van der Waals surface area contributed by atoms with Gasteiger partial charge in [0.25, 0.3) is 0 Å². The summed E-state index contributed by atoms with van der Waals surface area (Å²) in [6.07, 6.45) is 0. The smallest absolute Gasteiger partial charge is 0.163 e. The molecule has 0 aliphatic carbocycles. The molecular weight excluding hydrogens is 268 g/mol. The van der Waals surface area contributed by atoms with E-state index < -0.39 is 0 Å².